The third-order valence-corrected chi connectivity index (χ3v) is 7.95. The van der Waals surface area contributed by atoms with E-state index < -0.39 is 11.6 Å². The van der Waals surface area contributed by atoms with Crippen LogP contribution in [0.2, 0.25) is 0 Å². The van der Waals surface area contributed by atoms with Gasteiger partial charge in [0.05, 0.1) is 19.3 Å². The summed E-state index contributed by atoms with van der Waals surface area (Å²) in [5.41, 5.74) is -0.856. The van der Waals surface area contributed by atoms with Gasteiger partial charge in [-0.15, -0.1) is 0 Å². The van der Waals surface area contributed by atoms with E-state index in [2.05, 4.69) is 21.6 Å². The Kier molecular flexibility index (Phi) is 7.90. The number of carbonyl (C=O) groups is 2. The lowest BCUT2D eigenvalue weighted by molar-refractivity contribution is -0.126. The Morgan fingerprint density at radius 1 is 0.969 bits per heavy atom. The molecule has 2 unspecified atom stereocenters. The van der Waals surface area contributed by atoms with E-state index in [1.54, 1.807) is 4.90 Å². The van der Waals surface area contributed by atoms with Crippen LogP contribution in [0.1, 0.15) is 70.6 Å². The van der Waals surface area contributed by atoms with Crippen LogP contribution in [-0.2, 0) is 9.53 Å². The summed E-state index contributed by atoms with van der Waals surface area (Å²) < 4.78 is 5.35. The largest absolute Gasteiger partial charge is 0.378 e. The van der Waals surface area contributed by atoms with Gasteiger partial charge in [0.15, 0.2) is 0 Å². The van der Waals surface area contributed by atoms with Gasteiger partial charge >= 0.3 is 6.03 Å². The quantitative estimate of drug-likeness (QED) is 0.677. The third-order valence-electron chi connectivity index (χ3n) is 7.95. The summed E-state index contributed by atoms with van der Waals surface area (Å²) in [6.07, 6.45) is 12.1. The molecule has 4 fully saturated rings. The zero-order valence-corrected chi connectivity index (χ0v) is 19.3. The van der Waals surface area contributed by atoms with E-state index in [9.17, 15) is 14.9 Å². The Bertz CT molecular complexity index is 692. The molecule has 2 N–H and O–H groups in total. The summed E-state index contributed by atoms with van der Waals surface area (Å²) in [4.78, 5) is 30.6. The molecule has 0 aromatic rings. The normalized spacial score (nSPS) is 29.3. The monoisotopic (exact) mass is 445 g/mol. The SMILES string of the molecule is N#CC1(NC(=O)C(NC(=O)N2CCOCC2)C2CCCCC2)CCN(C2CCCCC2)C1. The van der Waals surface area contributed by atoms with Gasteiger partial charge in [0, 0.05) is 32.2 Å². The van der Waals surface area contributed by atoms with Crippen LogP contribution in [0.4, 0.5) is 4.79 Å². The Labute approximate surface area is 192 Å². The zero-order valence-electron chi connectivity index (χ0n) is 19.3. The van der Waals surface area contributed by atoms with E-state index in [0.29, 0.717) is 45.3 Å². The Balaban J connectivity index is 1.42. The van der Waals surface area contributed by atoms with Crippen LogP contribution in [0.3, 0.4) is 0 Å². The second kappa shape index (κ2) is 10.8. The van der Waals surface area contributed by atoms with Crippen LogP contribution >= 0.6 is 0 Å². The second-order valence-corrected chi connectivity index (χ2v) is 10.1. The first-order chi connectivity index (χ1) is 15.6. The molecule has 2 saturated heterocycles. The van der Waals surface area contributed by atoms with Crippen LogP contribution in [0.15, 0.2) is 0 Å². The summed E-state index contributed by atoms with van der Waals surface area (Å²) in [6, 6.07) is 2.19. The van der Waals surface area contributed by atoms with Gasteiger partial charge in [-0.2, -0.15) is 5.26 Å². The molecule has 0 bridgehead atoms. The number of nitrogens with zero attached hydrogens (tertiary/aromatic N) is 3. The fourth-order valence-corrected chi connectivity index (χ4v) is 5.99. The van der Waals surface area contributed by atoms with Crippen LogP contribution in [0.25, 0.3) is 0 Å². The topological polar surface area (TPSA) is 97.7 Å². The minimum absolute atomic E-state index is 0.125. The van der Waals surface area contributed by atoms with E-state index in [0.717, 1.165) is 32.2 Å². The van der Waals surface area contributed by atoms with Crippen LogP contribution in [0.5, 0.6) is 0 Å². The molecule has 2 aliphatic heterocycles. The van der Waals surface area contributed by atoms with Gasteiger partial charge in [-0.3, -0.25) is 9.69 Å². The lowest BCUT2D eigenvalue weighted by atomic mass is 9.83. The van der Waals surface area contributed by atoms with Crippen molar-refractivity contribution in [2.45, 2.75) is 88.3 Å². The maximum absolute atomic E-state index is 13.5. The van der Waals surface area contributed by atoms with Crippen LogP contribution in [-0.4, -0.2) is 78.8 Å². The number of carbonyl (C=O) groups excluding carboxylic acids is 2. The van der Waals surface area contributed by atoms with Gasteiger partial charge in [0.1, 0.15) is 11.6 Å². The average Bonchev–Trinajstić information content (AvgIpc) is 3.28. The molecule has 4 rings (SSSR count). The van der Waals surface area contributed by atoms with E-state index in [4.69, 9.17) is 4.74 Å². The smallest absolute Gasteiger partial charge is 0.318 e. The highest BCUT2D eigenvalue weighted by Crippen LogP contribution is 2.31. The number of hydrogen-bond donors (Lipinski definition) is 2. The van der Waals surface area contributed by atoms with E-state index >= 15 is 0 Å². The van der Waals surface area contributed by atoms with E-state index in [1.165, 1.54) is 38.5 Å². The van der Waals surface area contributed by atoms with Crippen molar-refractivity contribution in [1.29, 1.82) is 5.26 Å². The number of morpholine rings is 1. The Hall–Kier alpha value is -1.85. The number of ether oxygens (including phenoxy) is 1. The molecule has 8 nitrogen and oxygen atoms in total. The maximum Gasteiger partial charge on any atom is 0.318 e. The van der Waals surface area contributed by atoms with Gasteiger partial charge in [-0.05, 0) is 38.0 Å². The predicted molar refractivity (Wildman–Crippen MR) is 121 cm³/mol. The van der Waals surface area contributed by atoms with Gasteiger partial charge in [0.2, 0.25) is 5.91 Å². The molecule has 2 atom stereocenters. The lowest BCUT2D eigenvalue weighted by Crippen LogP contribution is -2.60. The molecule has 0 radical (unpaired) electrons. The fraction of sp³-hybridized carbons (Fsp3) is 0.875. The first kappa shape index (κ1) is 23.3. The number of nitrogens with one attached hydrogen (secondary N) is 2. The van der Waals surface area contributed by atoms with Crippen molar-refractivity contribution < 1.29 is 14.3 Å². The standard InChI is InChI=1S/C24H39N5O3/c25-17-24(11-12-29(18-24)20-9-5-2-6-10-20)27-22(30)21(19-7-3-1-4-8-19)26-23(31)28-13-15-32-16-14-28/h19-21H,1-16,18H2,(H,26,31)(H,27,30). The first-order valence-corrected chi connectivity index (χ1v) is 12.7. The van der Waals surface area contributed by atoms with Gasteiger partial charge in [0.25, 0.3) is 0 Å². The van der Waals surface area contributed by atoms with Crippen LogP contribution < -0.4 is 10.6 Å². The predicted octanol–water partition coefficient (Wildman–Crippen LogP) is 2.39. The Morgan fingerprint density at radius 3 is 2.28 bits per heavy atom. The highest BCUT2D eigenvalue weighted by Gasteiger charge is 2.44. The molecule has 0 aromatic carbocycles. The summed E-state index contributed by atoms with van der Waals surface area (Å²) in [6.45, 7) is 3.60. The van der Waals surface area contributed by atoms with Crippen molar-refractivity contribution in [2.75, 3.05) is 39.4 Å². The summed E-state index contributed by atoms with van der Waals surface area (Å²) in [5, 5.41) is 16.2. The molecule has 8 heteroatoms. The fourth-order valence-electron chi connectivity index (χ4n) is 5.99. The lowest BCUT2D eigenvalue weighted by Gasteiger charge is -2.35. The van der Waals surface area contributed by atoms with Crippen molar-refractivity contribution in [1.82, 2.24) is 20.4 Å². The molecule has 32 heavy (non-hydrogen) atoms. The van der Waals surface area contributed by atoms with Crippen LogP contribution in [0, 0.1) is 17.2 Å². The number of rotatable bonds is 5. The molecule has 178 valence electrons. The van der Waals surface area contributed by atoms with Crippen molar-refractivity contribution >= 4 is 11.9 Å². The van der Waals surface area contributed by atoms with Crippen molar-refractivity contribution in [2.24, 2.45) is 5.92 Å². The molecular weight excluding hydrogens is 406 g/mol. The maximum atomic E-state index is 13.5. The zero-order chi connectivity index (χ0) is 22.4. The van der Waals surface area contributed by atoms with Crippen molar-refractivity contribution in [3.8, 4) is 6.07 Å². The van der Waals surface area contributed by atoms with Crippen molar-refractivity contribution in [3.05, 3.63) is 0 Å². The van der Waals surface area contributed by atoms with E-state index in [-0.39, 0.29) is 17.9 Å². The molecule has 2 aliphatic carbocycles. The number of urea groups is 1. The summed E-state index contributed by atoms with van der Waals surface area (Å²) >= 11 is 0. The van der Waals surface area contributed by atoms with Gasteiger partial charge in [-0.1, -0.05) is 38.5 Å². The van der Waals surface area contributed by atoms with Gasteiger partial charge < -0.3 is 20.3 Å². The number of amides is 3. The van der Waals surface area contributed by atoms with Crippen molar-refractivity contribution in [3.63, 3.8) is 0 Å². The number of hydrogen-bond acceptors (Lipinski definition) is 5. The number of nitriles is 1. The molecule has 0 spiro atoms. The molecule has 0 aromatic heterocycles. The summed E-state index contributed by atoms with van der Waals surface area (Å²) in [7, 11) is 0. The molecule has 2 saturated carbocycles. The number of likely N-dealkylation sites (tertiary alicyclic amines) is 1. The highest BCUT2D eigenvalue weighted by atomic mass is 16.5. The minimum Gasteiger partial charge on any atom is -0.378 e. The first-order valence-electron chi connectivity index (χ1n) is 12.7. The Morgan fingerprint density at radius 2 is 1.62 bits per heavy atom. The third kappa shape index (κ3) is 5.55. The minimum atomic E-state index is -0.856. The molecule has 4 aliphatic rings. The molecular formula is C24H39N5O3. The summed E-state index contributed by atoms with van der Waals surface area (Å²) in [5.74, 6) is -0.0640. The average molecular weight is 446 g/mol. The molecule has 3 amide bonds. The van der Waals surface area contributed by atoms with E-state index in [1.807, 2.05) is 0 Å². The van der Waals surface area contributed by atoms with Gasteiger partial charge in [-0.25, -0.2) is 4.79 Å². The molecule has 2 heterocycles. The highest BCUT2D eigenvalue weighted by molar-refractivity contribution is 5.88. The second-order valence-electron chi connectivity index (χ2n) is 10.1.